The molecule has 0 heterocycles. The normalized spacial score (nSPS) is 13.2. The maximum Gasteiger partial charge on any atom is 0.428 e. The highest BCUT2D eigenvalue weighted by molar-refractivity contribution is 5.56. The minimum absolute atomic E-state index is 0.120. The van der Waals surface area contributed by atoms with Crippen LogP contribution in [0.2, 0.25) is 0 Å². The zero-order valence-electron chi connectivity index (χ0n) is 22.4. The van der Waals surface area contributed by atoms with Gasteiger partial charge in [-0.25, -0.2) is 26.3 Å². The first-order chi connectivity index (χ1) is 18.6. The SMILES string of the molecule is C=C(C)/C=C(/F)C(=C)C(F)(F)OC(=C)/C=C(/F)C(=C)C(=C)/C=C(/F)C(=C)C(=C)/C=C(/F)C(=C)C(=C)/C=C(/F)C(=C)F. The van der Waals surface area contributed by atoms with Gasteiger partial charge in [0.05, 0.1) is 5.57 Å². The average molecular weight is 581 g/mol. The molecule has 0 aliphatic carbocycles. The molecule has 0 spiro atoms. The molecule has 0 aromatic heterocycles. The lowest BCUT2D eigenvalue weighted by molar-refractivity contribution is -0.177. The van der Waals surface area contributed by atoms with Gasteiger partial charge < -0.3 is 4.74 Å². The molecule has 0 aliphatic heterocycles. The minimum atomic E-state index is -4.31. The lowest BCUT2D eigenvalue weighted by Crippen LogP contribution is -2.23. The summed E-state index contributed by atoms with van der Waals surface area (Å²) in [6, 6.07) is 0. The number of allylic oxidation sites excluding steroid dienone is 17. The van der Waals surface area contributed by atoms with E-state index in [1.54, 1.807) is 0 Å². The Hall–Kier alpha value is -4.66. The van der Waals surface area contributed by atoms with E-state index in [1.165, 1.54) is 6.92 Å². The number of hydrogen-bond acceptors (Lipinski definition) is 1. The van der Waals surface area contributed by atoms with E-state index in [4.69, 9.17) is 0 Å². The number of ether oxygens (including phenoxy) is 1. The summed E-state index contributed by atoms with van der Waals surface area (Å²) in [6.07, 6.45) is -1.37. The zero-order valence-corrected chi connectivity index (χ0v) is 22.4. The molecule has 0 aromatic carbocycles. The molecule has 0 bridgehead atoms. The van der Waals surface area contributed by atoms with Gasteiger partial charge in [0.2, 0.25) is 0 Å². The molecule has 41 heavy (non-hydrogen) atoms. The van der Waals surface area contributed by atoms with E-state index in [9.17, 15) is 35.1 Å². The smallest absolute Gasteiger partial charge is 0.428 e. The number of hydrogen-bond donors (Lipinski definition) is 0. The molecule has 0 fully saturated rings. The zero-order chi connectivity index (χ0) is 32.4. The molecule has 0 saturated heterocycles. The van der Waals surface area contributed by atoms with Crippen LogP contribution < -0.4 is 0 Å². The Balaban J connectivity index is 5.62. The predicted molar refractivity (Wildman–Crippen MR) is 150 cm³/mol. The number of halogens is 8. The molecular formula is C32H28F8O. The molecule has 0 N–H and O–H groups in total. The topological polar surface area (TPSA) is 9.23 Å². The van der Waals surface area contributed by atoms with Crippen molar-refractivity contribution in [2.24, 2.45) is 0 Å². The maximum absolute atomic E-state index is 14.7. The van der Waals surface area contributed by atoms with Crippen LogP contribution in [0.15, 0.2) is 181 Å². The summed E-state index contributed by atoms with van der Waals surface area (Å²) in [7, 11) is 0. The summed E-state index contributed by atoms with van der Waals surface area (Å²) in [5, 5.41) is 0. The Morgan fingerprint density at radius 1 is 0.512 bits per heavy atom. The molecule has 0 aliphatic rings. The highest BCUT2D eigenvalue weighted by Gasteiger charge is 2.38. The lowest BCUT2D eigenvalue weighted by Gasteiger charge is -2.19. The molecule has 0 atom stereocenters. The third-order valence-electron chi connectivity index (χ3n) is 4.75. The lowest BCUT2D eigenvalue weighted by atomic mass is 10.0. The van der Waals surface area contributed by atoms with Gasteiger partial charge in [-0.3, -0.25) is 0 Å². The molecule has 218 valence electrons. The van der Waals surface area contributed by atoms with Gasteiger partial charge in [-0.1, -0.05) is 71.4 Å². The minimum Gasteiger partial charge on any atom is -0.429 e. The summed E-state index contributed by atoms with van der Waals surface area (Å²) in [4.78, 5) is 0. The second-order valence-corrected chi connectivity index (χ2v) is 8.29. The van der Waals surface area contributed by atoms with E-state index in [0.717, 1.165) is 0 Å². The molecule has 0 radical (unpaired) electrons. The van der Waals surface area contributed by atoms with E-state index in [2.05, 4.69) is 70.5 Å². The fourth-order valence-electron chi connectivity index (χ4n) is 2.36. The summed E-state index contributed by atoms with van der Waals surface area (Å²) < 4.78 is 116. The number of rotatable bonds is 16. The fourth-order valence-corrected chi connectivity index (χ4v) is 2.36. The van der Waals surface area contributed by atoms with Crippen molar-refractivity contribution < 1.29 is 39.9 Å². The van der Waals surface area contributed by atoms with E-state index in [1.807, 2.05) is 0 Å². The maximum atomic E-state index is 14.7. The third-order valence-corrected chi connectivity index (χ3v) is 4.75. The van der Waals surface area contributed by atoms with E-state index in [0.29, 0.717) is 30.4 Å². The first kappa shape index (κ1) is 36.3. The van der Waals surface area contributed by atoms with Crippen LogP contribution >= 0.6 is 0 Å². The average Bonchev–Trinajstić information content (AvgIpc) is 2.85. The van der Waals surface area contributed by atoms with E-state index < -0.39 is 74.7 Å². The van der Waals surface area contributed by atoms with Crippen LogP contribution in [0.25, 0.3) is 0 Å². The Bertz CT molecular complexity index is 1400. The Morgan fingerprint density at radius 3 is 1.20 bits per heavy atom. The second kappa shape index (κ2) is 15.2. The molecule has 0 rings (SSSR count). The molecule has 0 saturated carbocycles. The fraction of sp³-hybridized carbons (Fsp3) is 0.0625. The van der Waals surface area contributed by atoms with Gasteiger partial charge in [0.15, 0.2) is 11.7 Å². The summed E-state index contributed by atoms with van der Waals surface area (Å²) >= 11 is 0. The molecule has 0 amide bonds. The van der Waals surface area contributed by atoms with Crippen LogP contribution in [-0.4, -0.2) is 6.11 Å². The van der Waals surface area contributed by atoms with Crippen LogP contribution in [0.5, 0.6) is 0 Å². The predicted octanol–water partition coefficient (Wildman–Crippen LogP) is 11.3. The van der Waals surface area contributed by atoms with Gasteiger partial charge in [0, 0.05) is 22.8 Å². The van der Waals surface area contributed by atoms with Gasteiger partial charge in [-0.2, -0.15) is 8.78 Å². The van der Waals surface area contributed by atoms with Crippen LogP contribution in [0, 0.1) is 0 Å². The molecule has 0 unspecified atom stereocenters. The Morgan fingerprint density at radius 2 is 0.854 bits per heavy atom. The quantitative estimate of drug-likeness (QED) is 0.100. The molecule has 0 aromatic rings. The Kier molecular flexibility index (Phi) is 13.5. The first-order valence-electron chi connectivity index (χ1n) is 11.1. The van der Waals surface area contributed by atoms with Crippen molar-refractivity contribution in [3.8, 4) is 0 Å². The van der Waals surface area contributed by atoms with Crippen LogP contribution in [0.1, 0.15) is 6.92 Å². The van der Waals surface area contributed by atoms with Crippen LogP contribution in [0.3, 0.4) is 0 Å². The Labute approximate surface area is 234 Å². The standard InChI is InChI=1S/C32H28F8O/c1-17(2)12-30(37)25(10)32(39,40)41-21(6)16-29(36)24(9)19(4)14-27(34)22(7)18(3)13-28(35)23(8)20(5)15-31(38)26(11)33/h12-16H,1,3-11H2,2H3/b27-14+,28-13+,29-16+,30-12+,31-15+. The van der Waals surface area contributed by atoms with Gasteiger partial charge in [0.25, 0.3) is 0 Å². The van der Waals surface area contributed by atoms with E-state index >= 15 is 0 Å². The second-order valence-electron chi connectivity index (χ2n) is 8.29. The number of alkyl halides is 2. The van der Waals surface area contributed by atoms with Crippen molar-refractivity contribution in [3.05, 3.63) is 181 Å². The van der Waals surface area contributed by atoms with Crippen molar-refractivity contribution in [3.63, 3.8) is 0 Å². The van der Waals surface area contributed by atoms with Gasteiger partial charge in [-0.05, 0) is 47.9 Å². The third kappa shape index (κ3) is 11.5. The van der Waals surface area contributed by atoms with Crippen LogP contribution in [-0.2, 0) is 4.74 Å². The van der Waals surface area contributed by atoms with Gasteiger partial charge >= 0.3 is 6.11 Å². The van der Waals surface area contributed by atoms with E-state index in [-0.39, 0.29) is 16.7 Å². The largest absolute Gasteiger partial charge is 0.429 e. The van der Waals surface area contributed by atoms with Crippen molar-refractivity contribution in [1.82, 2.24) is 0 Å². The van der Waals surface area contributed by atoms with Gasteiger partial charge in [-0.15, -0.1) is 0 Å². The highest BCUT2D eigenvalue weighted by Crippen LogP contribution is 2.34. The van der Waals surface area contributed by atoms with Crippen molar-refractivity contribution >= 4 is 0 Å². The summed E-state index contributed by atoms with van der Waals surface area (Å²) in [5.41, 5.74) is -3.90. The first-order valence-corrected chi connectivity index (χ1v) is 11.1. The molecule has 1 nitrogen and oxygen atoms in total. The molecular weight excluding hydrogens is 552 g/mol. The van der Waals surface area contributed by atoms with Gasteiger partial charge in [0.1, 0.15) is 29.1 Å². The van der Waals surface area contributed by atoms with Crippen LogP contribution in [0.4, 0.5) is 35.1 Å². The van der Waals surface area contributed by atoms with Crippen molar-refractivity contribution in [2.75, 3.05) is 0 Å². The highest BCUT2D eigenvalue weighted by atomic mass is 19.3. The summed E-state index contributed by atoms with van der Waals surface area (Å²) in [5.74, 6) is -8.81. The van der Waals surface area contributed by atoms with Crippen molar-refractivity contribution in [1.29, 1.82) is 0 Å². The molecule has 9 heteroatoms. The van der Waals surface area contributed by atoms with Crippen molar-refractivity contribution in [2.45, 2.75) is 13.0 Å². The summed E-state index contributed by atoms with van der Waals surface area (Å²) in [6.45, 7) is 33.7. The monoisotopic (exact) mass is 580 g/mol.